The van der Waals surface area contributed by atoms with Crippen molar-refractivity contribution in [3.8, 4) is 0 Å². The first-order valence-corrected chi connectivity index (χ1v) is 7.82. The number of carbonyl (C=O) groups excluding carboxylic acids is 1. The molecule has 1 amide bonds. The third kappa shape index (κ3) is 3.58. The summed E-state index contributed by atoms with van der Waals surface area (Å²) in [6.07, 6.45) is -0.692. The lowest BCUT2D eigenvalue weighted by atomic mass is 9.83. The Kier molecular flexibility index (Phi) is 4.55. The number of pyridine rings is 1. The van der Waals surface area contributed by atoms with Gasteiger partial charge in [0.25, 0.3) is 0 Å². The van der Waals surface area contributed by atoms with Crippen LogP contribution in [0.15, 0.2) is 48.7 Å². The van der Waals surface area contributed by atoms with Crippen molar-refractivity contribution in [2.24, 2.45) is 0 Å². The first-order valence-electron chi connectivity index (χ1n) is 7.82. The molecule has 0 spiro atoms. The molecule has 1 aromatic carbocycles. The van der Waals surface area contributed by atoms with Gasteiger partial charge in [0.1, 0.15) is 0 Å². The molecule has 0 bridgehead atoms. The lowest BCUT2D eigenvalue weighted by molar-refractivity contribution is -0.137. The number of aromatic nitrogens is 1. The van der Waals surface area contributed by atoms with Crippen molar-refractivity contribution in [3.05, 3.63) is 65.5 Å². The van der Waals surface area contributed by atoms with Crippen LogP contribution in [0.5, 0.6) is 0 Å². The van der Waals surface area contributed by atoms with Crippen LogP contribution >= 0.6 is 0 Å². The summed E-state index contributed by atoms with van der Waals surface area (Å²) in [4.78, 5) is 16.1. The third-order valence-electron chi connectivity index (χ3n) is 4.27. The number of hydrogen-bond acceptors (Lipinski definition) is 2. The maximum absolute atomic E-state index is 12.8. The standard InChI is InChI=1S/C18H17F3N2O/c19-18(20,21)13-9-7-12(8-10-13)17(14-4-1-2-11-22-14)15-5-3-6-16(24)23-15/h1-2,4,7-11,15,17H,3,5-6H2,(H,23,24)/t15-,17+/m1/s1. The monoisotopic (exact) mass is 334 g/mol. The van der Waals surface area contributed by atoms with E-state index in [-0.39, 0.29) is 17.9 Å². The fourth-order valence-corrected chi connectivity index (χ4v) is 3.13. The second kappa shape index (κ2) is 6.63. The van der Waals surface area contributed by atoms with Crippen molar-refractivity contribution in [2.45, 2.75) is 37.4 Å². The van der Waals surface area contributed by atoms with Crippen LogP contribution in [0, 0.1) is 0 Å². The lowest BCUT2D eigenvalue weighted by Crippen LogP contribution is -2.43. The number of rotatable bonds is 3. The number of alkyl halides is 3. The Morgan fingerprint density at radius 2 is 1.88 bits per heavy atom. The number of piperidine rings is 1. The van der Waals surface area contributed by atoms with Crippen LogP contribution in [-0.4, -0.2) is 16.9 Å². The van der Waals surface area contributed by atoms with Gasteiger partial charge in [-0.05, 0) is 42.7 Å². The molecule has 2 aromatic rings. The fourth-order valence-electron chi connectivity index (χ4n) is 3.13. The first kappa shape index (κ1) is 16.5. The van der Waals surface area contributed by atoms with Gasteiger partial charge in [-0.15, -0.1) is 0 Å². The number of halogens is 3. The Hall–Kier alpha value is -2.37. The van der Waals surface area contributed by atoms with Gasteiger partial charge in [-0.25, -0.2) is 0 Å². The van der Waals surface area contributed by atoms with Crippen molar-refractivity contribution in [3.63, 3.8) is 0 Å². The fraction of sp³-hybridized carbons (Fsp3) is 0.333. The van der Waals surface area contributed by atoms with E-state index in [1.807, 2.05) is 12.1 Å². The van der Waals surface area contributed by atoms with Gasteiger partial charge in [0.15, 0.2) is 0 Å². The van der Waals surface area contributed by atoms with E-state index in [4.69, 9.17) is 0 Å². The summed E-state index contributed by atoms with van der Waals surface area (Å²) in [5, 5.41) is 2.96. The predicted molar refractivity (Wildman–Crippen MR) is 83.3 cm³/mol. The van der Waals surface area contributed by atoms with Crippen LogP contribution in [0.3, 0.4) is 0 Å². The molecule has 2 atom stereocenters. The number of carbonyl (C=O) groups is 1. The van der Waals surface area contributed by atoms with Gasteiger partial charge >= 0.3 is 6.18 Å². The summed E-state index contributed by atoms with van der Waals surface area (Å²) >= 11 is 0. The van der Waals surface area contributed by atoms with E-state index < -0.39 is 11.7 Å². The van der Waals surface area contributed by atoms with Gasteiger partial charge in [-0.2, -0.15) is 13.2 Å². The van der Waals surface area contributed by atoms with E-state index in [1.54, 1.807) is 12.3 Å². The molecule has 126 valence electrons. The summed E-state index contributed by atoms with van der Waals surface area (Å²) in [5.41, 5.74) is 0.775. The Balaban J connectivity index is 1.97. The largest absolute Gasteiger partial charge is 0.416 e. The van der Waals surface area contributed by atoms with Crippen molar-refractivity contribution < 1.29 is 18.0 Å². The first-order chi connectivity index (χ1) is 11.4. The Morgan fingerprint density at radius 1 is 1.12 bits per heavy atom. The summed E-state index contributed by atoms with van der Waals surface area (Å²) < 4.78 is 38.3. The molecule has 6 heteroatoms. The number of benzene rings is 1. The molecule has 1 aliphatic heterocycles. The molecular formula is C18H17F3N2O. The molecule has 1 aromatic heterocycles. The predicted octanol–water partition coefficient (Wildman–Crippen LogP) is 3.90. The topological polar surface area (TPSA) is 42.0 Å². The number of nitrogens with one attached hydrogen (secondary N) is 1. The molecule has 1 fully saturated rings. The molecular weight excluding hydrogens is 317 g/mol. The summed E-state index contributed by atoms with van der Waals surface area (Å²) in [5.74, 6) is -0.295. The van der Waals surface area contributed by atoms with Gasteiger partial charge in [-0.1, -0.05) is 18.2 Å². The van der Waals surface area contributed by atoms with Crippen molar-refractivity contribution >= 4 is 5.91 Å². The van der Waals surface area contributed by atoms with Crippen molar-refractivity contribution in [1.82, 2.24) is 10.3 Å². The van der Waals surface area contributed by atoms with Gasteiger partial charge in [0.05, 0.1) is 5.56 Å². The van der Waals surface area contributed by atoms with Crippen LogP contribution in [0.2, 0.25) is 0 Å². The van der Waals surface area contributed by atoms with E-state index in [1.165, 1.54) is 12.1 Å². The Morgan fingerprint density at radius 3 is 2.46 bits per heavy atom. The van der Waals surface area contributed by atoms with Gasteiger partial charge < -0.3 is 5.32 Å². The summed E-state index contributed by atoms with van der Waals surface area (Å²) in [7, 11) is 0. The second-order valence-electron chi connectivity index (χ2n) is 5.92. The van der Waals surface area contributed by atoms with Crippen molar-refractivity contribution in [2.75, 3.05) is 0 Å². The normalized spacial score (nSPS) is 19.6. The lowest BCUT2D eigenvalue weighted by Gasteiger charge is -2.31. The van der Waals surface area contributed by atoms with Crippen molar-refractivity contribution in [1.29, 1.82) is 0 Å². The molecule has 24 heavy (non-hydrogen) atoms. The summed E-state index contributed by atoms with van der Waals surface area (Å²) in [6, 6.07) is 10.4. The maximum Gasteiger partial charge on any atom is 0.416 e. The van der Waals surface area contributed by atoms with E-state index in [0.29, 0.717) is 12.0 Å². The quantitative estimate of drug-likeness (QED) is 0.925. The molecule has 0 unspecified atom stereocenters. The van der Waals surface area contributed by atoms with E-state index in [9.17, 15) is 18.0 Å². The van der Waals surface area contributed by atoms with Crippen LogP contribution in [-0.2, 0) is 11.0 Å². The Bertz CT molecular complexity index is 698. The minimum absolute atomic E-state index is 0.0286. The number of hydrogen-bond donors (Lipinski definition) is 1. The SMILES string of the molecule is O=C1CCC[C@H]([C@@H](c2ccc(C(F)(F)F)cc2)c2ccccn2)N1. The van der Waals surface area contributed by atoms with E-state index in [0.717, 1.165) is 30.7 Å². The average Bonchev–Trinajstić information content (AvgIpc) is 2.56. The molecule has 3 nitrogen and oxygen atoms in total. The highest BCUT2D eigenvalue weighted by Crippen LogP contribution is 2.34. The van der Waals surface area contributed by atoms with E-state index in [2.05, 4.69) is 10.3 Å². The zero-order valence-electron chi connectivity index (χ0n) is 12.9. The average molecular weight is 334 g/mol. The smallest absolute Gasteiger partial charge is 0.352 e. The minimum atomic E-state index is -4.36. The third-order valence-corrected chi connectivity index (χ3v) is 4.27. The minimum Gasteiger partial charge on any atom is -0.352 e. The highest BCUT2D eigenvalue weighted by Gasteiger charge is 2.33. The number of amides is 1. The highest BCUT2D eigenvalue weighted by atomic mass is 19.4. The summed E-state index contributed by atoms with van der Waals surface area (Å²) in [6.45, 7) is 0. The zero-order chi connectivity index (χ0) is 17.2. The van der Waals surface area contributed by atoms with Gasteiger partial charge in [-0.3, -0.25) is 9.78 Å². The second-order valence-corrected chi connectivity index (χ2v) is 5.92. The number of nitrogens with zero attached hydrogens (tertiary/aromatic N) is 1. The Labute approximate surface area is 137 Å². The molecule has 0 saturated carbocycles. The molecule has 2 heterocycles. The molecule has 1 N–H and O–H groups in total. The highest BCUT2D eigenvalue weighted by molar-refractivity contribution is 5.77. The van der Waals surface area contributed by atoms with Gasteiger partial charge in [0.2, 0.25) is 5.91 Å². The van der Waals surface area contributed by atoms with Crippen LogP contribution in [0.1, 0.15) is 42.0 Å². The molecule has 0 aliphatic carbocycles. The van der Waals surface area contributed by atoms with Crippen LogP contribution in [0.25, 0.3) is 0 Å². The molecule has 1 saturated heterocycles. The van der Waals surface area contributed by atoms with E-state index >= 15 is 0 Å². The van der Waals surface area contributed by atoms with Crippen LogP contribution < -0.4 is 5.32 Å². The molecule has 3 rings (SSSR count). The maximum atomic E-state index is 12.8. The molecule has 1 aliphatic rings. The zero-order valence-corrected chi connectivity index (χ0v) is 12.9. The van der Waals surface area contributed by atoms with Gasteiger partial charge in [0, 0.05) is 30.3 Å². The van der Waals surface area contributed by atoms with Crippen LogP contribution in [0.4, 0.5) is 13.2 Å². The molecule has 0 radical (unpaired) electrons.